The van der Waals surface area contributed by atoms with Crippen molar-refractivity contribution in [3.63, 3.8) is 0 Å². The molecule has 0 saturated carbocycles. The van der Waals surface area contributed by atoms with Crippen LogP contribution in [0.2, 0.25) is 0 Å². The quantitative estimate of drug-likeness (QED) is 0.161. The standard InChI is InChI=1S/C53H39N/c1-3-12-36(13-4-1)37-28-32-45(33-29-37)54(50-20-10-8-16-46(50)40-14-5-2-6-15-40)51-21-11-19-49-52(51)47-17-7-9-18-48(47)53(49,43-30-26-38-22-24-41(38)34-43)44-31-27-39-23-25-42(39)35-44/h1-21,26-35H,22-25H2. The van der Waals surface area contributed by atoms with Gasteiger partial charge in [-0.3, -0.25) is 0 Å². The summed E-state index contributed by atoms with van der Waals surface area (Å²) in [7, 11) is 0. The lowest BCUT2D eigenvalue weighted by atomic mass is 9.65. The van der Waals surface area contributed by atoms with E-state index in [-0.39, 0.29) is 0 Å². The minimum atomic E-state index is -0.445. The maximum absolute atomic E-state index is 2.53. The van der Waals surface area contributed by atoms with E-state index in [1.807, 2.05) is 0 Å². The van der Waals surface area contributed by atoms with E-state index in [1.165, 1.54) is 96.4 Å². The van der Waals surface area contributed by atoms with Crippen LogP contribution in [0.3, 0.4) is 0 Å². The third-order valence-electron chi connectivity index (χ3n) is 12.4. The molecule has 0 radical (unpaired) electrons. The normalized spacial score (nSPS) is 14.1. The zero-order valence-corrected chi connectivity index (χ0v) is 30.2. The lowest BCUT2D eigenvalue weighted by Crippen LogP contribution is -2.30. The van der Waals surface area contributed by atoms with E-state index in [0.29, 0.717) is 0 Å². The van der Waals surface area contributed by atoms with Crippen molar-refractivity contribution in [3.05, 3.63) is 233 Å². The topological polar surface area (TPSA) is 3.24 Å². The van der Waals surface area contributed by atoms with Crippen LogP contribution in [0.5, 0.6) is 0 Å². The monoisotopic (exact) mass is 689 g/mol. The largest absolute Gasteiger partial charge is 0.309 e. The summed E-state index contributed by atoms with van der Waals surface area (Å²) in [5.74, 6) is 0. The summed E-state index contributed by atoms with van der Waals surface area (Å²) in [6, 6.07) is 70.5. The van der Waals surface area contributed by atoms with Crippen molar-refractivity contribution >= 4 is 17.1 Å². The lowest BCUT2D eigenvalue weighted by Gasteiger charge is -2.37. The van der Waals surface area contributed by atoms with Gasteiger partial charge in [0, 0.05) is 16.8 Å². The molecule has 0 unspecified atom stereocenters. The Balaban J connectivity index is 1.20. The van der Waals surface area contributed by atoms with Crippen molar-refractivity contribution in [1.29, 1.82) is 0 Å². The molecule has 1 heteroatoms. The van der Waals surface area contributed by atoms with Gasteiger partial charge in [0.15, 0.2) is 0 Å². The van der Waals surface area contributed by atoms with Gasteiger partial charge in [-0.1, -0.05) is 164 Å². The molecule has 3 aliphatic rings. The molecule has 0 aliphatic heterocycles. The van der Waals surface area contributed by atoms with E-state index in [4.69, 9.17) is 0 Å². The molecular weight excluding hydrogens is 651 g/mol. The van der Waals surface area contributed by atoms with Crippen molar-refractivity contribution in [2.75, 3.05) is 4.90 Å². The first kappa shape index (κ1) is 31.1. The maximum atomic E-state index is 2.53. The molecule has 8 aromatic carbocycles. The van der Waals surface area contributed by atoms with Gasteiger partial charge in [-0.05, 0) is 117 Å². The van der Waals surface area contributed by atoms with Gasteiger partial charge in [-0.25, -0.2) is 0 Å². The van der Waals surface area contributed by atoms with Gasteiger partial charge in [0.2, 0.25) is 0 Å². The average molecular weight is 690 g/mol. The number of nitrogens with zero attached hydrogens (tertiary/aromatic N) is 1. The van der Waals surface area contributed by atoms with Crippen molar-refractivity contribution < 1.29 is 0 Å². The highest BCUT2D eigenvalue weighted by atomic mass is 15.1. The Morgan fingerprint density at radius 3 is 1.50 bits per heavy atom. The molecule has 0 fully saturated rings. The number of hydrogen-bond acceptors (Lipinski definition) is 1. The fraction of sp³-hybridized carbons (Fsp3) is 0.0943. The minimum absolute atomic E-state index is 0.445. The highest BCUT2D eigenvalue weighted by Gasteiger charge is 2.48. The molecule has 0 spiro atoms. The Bertz CT molecular complexity index is 2650. The number of hydrogen-bond donors (Lipinski definition) is 0. The first-order valence-corrected chi connectivity index (χ1v) is 19.4. The molecule has 0 saturated heterocycles. The second-order valence-electron chi connectivity index (χ2n) is 15.1. The van der Waals surface area contributed by atoms with Crippen molar-refractivity contribution in [2.45, 2.75) is 31.1 Å². The number of aryl methyl sites for hydroxylation is 4. The third-order valence-corrected chi connectivity index (χ3v) is 12.4. The SMILES string of the molecule is c1ccc(-c2ccc(N(c3ccccc3-c3ccccc3)c3cccc4c3-c3ccccc3C4(c3ccc4c(c3)CC4)c3ccc4c(c3)CC4)cc2)cc1. The van der Waals surface area contributed by atoms with Crippen LogP contribution in [-0.4, -0.2) is 0 Å². The summed E-state index contributed by atoms with van der Waals surface area (Å²) < 4.78 is 0. The first-order chi connectivity index (χ1) is 26.8. The Morgan fingerprint density at radius 1 is 0.352 bits per heavy atom. The van der Waals surface area contributed by atoms with Crippen molar-refractivity contribution in [3.8, 4) is 33.4 Å². The van der Waals surface area contributed by atoms with Gasteiger partial charge in [-0.2, -0.15) is 0 Å². The van der Waals surface area contributed by atoms with E-state index in [0.717, 1.165) is 24.2 Å². The zero-order chi connectivity index (χ0) is 35.6. The summed E-state index contributed by atoms with van der Waals surface area (Å²) >= 11 is 0. The number of fused-ring (bicyclic) bond motifs is 5. The molecule has 8 aromatic rings. The fourth-order valence-electron chi connectivity index (χ4n) is 9.51. The van der Waals surface area contributed by atoms with Crippen LogP contribution in [0, 0.1) is 0 Å². The predicted octanol–water partition coefficient (Wildman–Crippen LogP) is 13.1. The predicted molar refractivity (Wildman–Crippen MR) is 224 cm³/mol. The molecule has 0 heterocycles. The molecule has 54 heavy (non-hydrogen) atoms. The number of benzene rings is 8. The molecule has 256 valence electrons. The molecule has 11 rings (SSSR count). The number of anilines is 3. The number of para-hydroxylation sites is 1. The van der Waals surface area contributed by atoms with Crippen LogP contribution in [0.25, 0.3) is 33.4 Å². The van der Waals surface area contributed by atoms with Crippen LogP contribution in [-0.2, 0) is 31.1 Å². The van der Waals surface area contributed by atoms with Gasteiger partial charge in [0.1, 0.15) is 0 Å². The highest BCUT2D eigenvalue weighted by Crippen LogP contribution is 2.60. The summed E-state index contributed by atoms with van der Waals surface area (Å²) in [6.45, 7) is 0. The minimum Gasteiger partial charge on any atom is -0.309 e. The van der Waals surface area contributed by atoms with Gasteiger partial charge in [0.05, 0.1) is 16.8 Å². The molecule has 0 atom stereocenters. The van der Waals surface area contributed by atoms with Crippen LogP contribution in [0.4, 0.5) is 17.1 Å². The summed E-state index contributed by atoms with van der Waals surface area (Å²) in [5.41, 5.74) is 21.9. The van der Waals surface area contributed by atoms with E-state index in [1.54, 1.807) is 0 Å². The van der Waals surface area contributed by atoms with E-state index in [9.17, 15) is 0 Å². The van der Waals surface area contributed by atoms with Crippen LogP contribution < -0.4 is 4.90 Å². The number of rotatable bonds is 7. The zero-order valence-electron chi connectivity index (χ0n) is 30.2. The van der Waals surface area contributed by atoms with E-state index < -0.39 is 5.41 Å². The molecule has 0 amide bonds. The highest BCUT2D eigenvalue weighted by molar-refractivity contribution is 5.99. The van der Waals surface area contributed by atoms with Crippen molar-refractivity contribution in [2.24, 2.45) is 0 Å². The molecule has 0 aromatic heterocycles. The second kappa shape index (κ2) is 12.3. The smallest absolute Gasteiger partial charge is 0.0714 e. The van der Waals surface area contributed by atoms with Gasteiger partial charge < -0.3 is 4.90 Å². The Morgan fingerprint density at radius 2 is 0.870 bits per heavy atom. The molecular formula is C53H39N. The van der Waals surface area contributed by atoms with E-state index >= 15 is 0 Å². The van der Waals surface area contributed by atoms with Gasteiger partial charge in [-0.15, -0.1) is 0 Å². The molecule has 0 N–H and O–H groups in total. The van der Waals surface area contributed by atoms with Crippen molar-refractivity contribution in [1.82, 2.24) is 0 Å². The summed E-state index contributed by atoms with van der Waals surface area (Å²) in [5, 5.41) is 0. The van der Waals surface area contributed by atoms with Crippen LogP contribution in [0.1, 0.15) is 44.5 Å². The van der Waals surface area contributed by atoms with Crippen LogP contribution >= 0.6 is 0 Å². The molecule has 1 nitrogen and oxygen atoms in total. The first-order valence-electron chi connectivity index (χ1n) is 19.4. The van der Waals surface area contributed by atoms with E-state index in [2.05, 4.69) is 193 Å². The Labute approximate surface area is 317 Å². The van der Waals surface area contributed by atoms with Gasteiger partial charge in [0.25, 0.3) is 0 Å². The van der Waals surface area contributed by atoms with Gasteiger partial charge >= 0.3 is 0 Å². The summed E-state index contributed by atoms with van der Waals surface area (Å²) in [6.07, 6.45) is 4.66. The fourth-order valence-corrected chi connectivity index (χ4v) is 9.51. The maximum Gasteiger partial charge on any atom is 0.0714 e. The second-order valence-corrected chi connectivity index (χ2v) is 15.1. The Kier molecular flexibility index (Phi) is 7.10. The third kappa shape index (κ3) is 4.64. The molecule has 3 aliphatic carbocycles. The summed E-state index contributed by atoms with van der Waals surface area (Å²) in [4.78, 5) is 2.51. The lowest BCUT2D eigenvalue weighted by molar-refractivity contribution is 0.740. The Hall–Kier alpha value is -6.44. The van der Waals surface area contributed by atoms with Crippen LogP contribution in [0.15, 0.2) is 188 Å². The average Bonchev–Trinajstić information content (AvgIpc) is 3.52. The molecule has 0 bridgehead atoms.